The number of ether oxygens (including phenoxy) is 1. The smallest absolute Gasteiger partial charge is 0.416 e. The predicted molar refractivity (Wildman–Crippen MR) is 64.5 cm³/mol. The summed E-state index contributed by atoms with van der Waals surface area (Å²) in [5.41, 5.74) is 5.55. The number of nitrogens with two attached hydrogens (primary N) is 1. The topological polar surface area (TPSA) is 35.2 Å². The van der Waals surface area contributed by atoms with Crippen molar-refractivity contribution < 1.29 is 17.9 Å². The first-order chi connectivity index (χ1) is 8.38. The van der Waals surface area contributed by atoms with Crippen molar-refractivity contribution in [3.8, 4) is 5.75 Å². The number of hydrogen-bond acceptors (Lipinski definition) is 2. The summed E-state index contributed by atoms with van der Waals surface area (Å²) in [6.07, 6.45) is -2.84. The maximum absolute atomic E-state index is 12.5. The van der Waals surface area contributed by atoms with Crippen molar-refractivity contribution in [1.29, 1.82) is 0 Å². The second kappa shape index (κ2) is 6.09. The minimum absolute atomic E-state index is 0.286. The summed E-state index contributed by atoms with van der Waals surface area (Å²) >= 11 is 0. The zero-order chi connectivity index (χ0) is 13.8. The van der Waals surface area contributed by atoms with Gasteiger partial charge in [0.2, 0.25) is 0 Å². The molecule has 0 aliphatic rings. The summed E-state index contributed by atoms with van der Waals surface area (Å²) in [6, 6.07) is 3.62. The molecule has 2 nitrogen and oxygen atoms in total. The third-order valence-corrected chi connectivity index (χ3v) is 2.84. The van der Waals surface area contributed by atoms with Gasteiger partial charge < -0.3 is 10.5 Å². The van der Waals surface area contributed by atoms with Gasteiger partial charge in [0.05, 0.1) is 12.7 Å². The van der Waals surface area contributed by atoms with E-state index in [1.807, 2.05) is 6.92 Å². The lowest BCUT2D eigenvalue weighted by molar-refractivity contribution is -0.137. The lowest BCUT2D eigenvalue weighted by atomic mass is 9.96. The third-order valence-electron chi connectivity index (χ3n) is 2.84. The standard InChI is InChI=1S/C13H18F3NO/c1-9(5-6-17)7-10-3-4-11(13(14,15)16)8-12(10)18-2/h3-4,8-9H,5-7,17H2,1-2H3. The van der Waals surface area contributed by atoms with E-state index >= 15 is 0 Å². The van der Waals surface area contributed by atoms with E-state index in [1.165, 1.54) is 13.2 Å². The predicted octanol–water partition coefficient (Wildman–Crippen LogP) is 3.24. The number of alkyl halides is 3. The van der Waals surface area contributed by atoms with E-state index in [1.54, 1.807) is 0 Å². The highest BCUT2D eigenvalue weighted by atomic mass is 19.4. The van der Waals surface area contributed by atoms with Crippen LogP contribution in [0, 0.1) is 5.92 Å². The van der Waals surface area contributed by atoms with E-state index in [2.05, 4.69) is 0 Å². The molecule has 1 unspecified atom stereocenters. The number of halogens is 3. The lowest BCUT2D eigenvalue weighted by Crippen LogP contribution is -2.10. The fourth-order valence-corrected chi connectivity index (χ4v) is 1.85. The molecule has 0 amide bonds. The Balaban J connectivity index is 2.93. The molecule has 18 heavy (non-hydrogen) atoms. The Morgan fingerprint density at radius 1 is 1.33 bits per heavy atom. The van der Waals surface area contributed by atoms with Gasteiger partial charge >= 0.3 is 6.18 Å². The molecule has 0 bridgehead atoms. The molecule has 1 aromatic rings. The quantitative estimate of drug-likeness (QED) is 0.883. The average Bonchev–Trinajstić information content (AvgIpc) is 2.28. The Bertz CT molecular complexity index is 390. The van der Waals surface area contributed by atoms with Crippen LogP contribution in [-0.2, 0) is 12.6 Å². The van der Waals surface area contributed by atoms with Gasteiger partial charge in [-0.3, -0.25) is 0 Å². The van der Waals surface area contributed by atoms with E-state index in [0.717, 1.165) is 24.1 Å². The Morgan fingerprint density at radius 3 is 2.50 bits per heavy atom. The summed E-state index contributed by atoms with van der Waals surface area (Å²) in [5, 5.41) is 0. The van der Waals surface area contributed by atoms with E-state index in [-0.39, 0.29) is 5.75 Å². The normalized spacial score (nSPS) is 13.4. The van der Waals surface area contributed by atoms with E-state index in [4.69, 9.17) is 10.5 Å². The van der Waals surface area contributed by atoms with Crippen LogP contribution in [0.3, 0.4) is 0 Å². The second-order valence-corrected chi connectivity index (χ2v) is 4.41. The van der Waals surface area contributed by atoms with Crippen molar-refractivity contribution in [2.75, 3.05) is 13.7 Å². The van der Waals surface area contributed by atoms with Crippen LogP contribution in [0.25, 0.3) is 0 Å². The van der Waals surface area contributed by atoms with Gasteiger partial charge in [0.25, 0.3) is 0 Å². The Labute approximate surface area is 105 Å². The van der Waals surface area contributed by atoms with Crippen LogP contribution >= 0.6 is 0 Å². The van der Waals surface area contributed by atoms with E-state index in [0.29, 0.717) is 18.9 Å². The number of rotatable bonds is 5. The fraction of sp³-hybridized carbons (Fsp3) is 0.538. The van der Waals surface area contributed by atoms with Gasteiger partial charge in [0.15, 0.2) is 0 Å². The minimum Gasteiger partial charge on any atom is -0.496 e. The lowest BCUT2D eigenvalue weighted by Gasteiger charge is -2.15. The summed E-state index contributed by atoms with van der Waals surface area (Å²) in [4.78, 5) is 0. The molecule has 0 saturated heterocycles. The molecule has 102 valence electrons. The van der Waals surface area contributed by atoms with Gasteiger partial charge in [-0.2, -0.15) is 13.2 Å². The maximum atomic E-state index is 12.5. The Morgan fingerprint density at radius 2 is 2.00 bits per heavy atom. The molecular formula is C13H18F3NO. The van der Waals surface area contributed by atoms with Crippen LogP contribution in [0.1, 0.15) is 24.5 Å². The van der Waals surface area contributed by atoms with Crippen molar-refractivity contribution in [2.24, 2.45) is 11.7 Å². The zero-order valence-corrected chi connectivity index (χ0v) is 10.6. The number of methoxy groups -OCH3 is 1. The first kappa shape index (κ1) is 14.8. The van der Waals surface area contributed by atoms with Crippen molar-refractivity contribution in [1.82, 2.24) is 0 Å². The molecule has 0 aromatic heterocycles. The van der Waals surface area contributed by atoms with E-state index in [9.17, 15) is 13.2 Å². The van der Waals surface area contributed by atoms with Crippen LogP contribution in [0.2, 0.25) is 0 Å². The minimum atomic E-state index is -4.34. The fourth-order valence-electron chi connectivity index (χ4n) is 1.85. The molecular weight excluding hydrogens is 243 g/mol. The molecule has 0 aliphatic carbocycles. The zero-order valence-electron chi connectivity index (χ0n) is 10.6. The average molecular weight is 261 g/mol. The van der Waals surface area contributed by atoms with E-state index < -0.39 is 11.7 Å². The molecule has 0 radical (unpaired) electrons. The third kappa shape index (κ3) is 3.91. The highest BCUT2D eigenvalue weighted by molar-refractivity contribution is 5.39. The molecule has 0 saturated carbocycles. The molecule has 0 fully saturated rings. The van der Waals surface area contributed by atoms with Crippen LogP contribution in [0.5, 0.6) is 5.75 Å². The Hall–Kier alpha value is -1.23. The molecule has 0 spiro atoms. The summed E-state index contributed by atoms with van der Waals surface area (Å²) < 4.78 is 42.7. The second-order valence-electron chi connectivity index (χ2n) is 4.41. The van der Waals surface area contributed by atoms with Crippen LogP contribution < -0.4 is 10.5 Å². The van der Waals surface area contributed by atoms with Gasteiger partial charge in [0, 0.05) is 0 Å². The van der Waals surface area contributed by atoms with Crippen molar-refractivity contribution in [3.05, 3.63) is 29.3 Å². The van der Waals surface area contributed by atoms with Gasteiger partial charge in [-0.05, 0) is 43.0 Å². The number of hydrogen-bond donors (Lipinski definition) is 1. The van der Waals surface area contributed by atoms with Crippen molar-refractivity contribution >= 4 is 0 Å². The molecule has 1 atom stereocenters. The highest BCUT2D eigenvalue weighted by Gasteiger charge is 2.31. The molecule has 0 aliphatic heterocycles. The van der Waals surface area contributed by atoms with Gasteiger partial charge in [-0.1, -0.05) is 13.0 Å². The first-order valence-electron chi connectivity index (χ1n) is 5.82. The van der Waals surface area contributed by atoms with Crippen LogP contribution in [-0.4, -0.2) is 13.7 Å². The molecule has 5 heteroatoms. The number of benzene rings is 1. The largest absolute Gasteiger partial charge is 0.496 e. The molecule has 2 N–H and O–H groups in total. The maximum Gasteiger partial charge on any atom is 0.416 e. The first-order valence-corrected chi connectivity index (χ1v) is 5.82. The Kier molecular flexibility index (Phi) is 5.02. The highest BCUT2D eigenvalue weighted by Crippen LogP contribution is 2.33. The van der Waals surface area contributed by atoms with Crippen LogP contribution in [0.15, 0.2) is 18.2 Å². The van der Waals surface area contributed by atoms with Crippen LogP contribution in [0.4, 0.5) is 13.2 Å². The molecule has 1 aromatic carbocycles. The van der Waals surface area contributed by atoms with Crippen molar-refractivity contribution in [3.63, 3.8) is 0 Å². The summed E-state index contributed by atoms with van der Waals surface area (Å²) in [7, 11) is 1.38. The summed E-state index contributed by atoms with van der Waals surface area (Å²) in [5.74, 6) is 0.606. The molecule has 0 heterocycles. The van der Waals surface area contributed by atoms with Gasteiger partial charge in [-0.15, -0.1) is 0 Å². The van der Waals surface area contributed by atoms with Crippen molar-refractivity contribution in [2.45, 2.75) is 25.9 Å². The SMILES string of the molecule is COc1cc(C(F)(F)F)ccc1CC(C)CCN. The molecule has 1 rings (SSSR count). The van der Waals surface area contributed by atoms with Gasteiger partial charge in [0.1, 0.15) is 5.75 Å². The summed E-state index contributed by atoms with van der Waals surface area (Å²) in [6.45, 7) is 2.59. The van der Waals surface area contributed by atoms with Gasteiger partial charge in [-0.25, -0.2) is 0 Å². The monoisotopic (exact) mass is 261 g/mol.